The van der Waals surface area contributed by atoms with E-state index in [1.54, 1.807) is 12.1 Å². The first kappa shape index (κ1) is 11.0. The van der Waals surface area contributed by atoms with Crippen LogP contribution in [0.1, 0.15) is 22.3 Å². The van der Waals surface area contributed by atoms with Gasteiger partial charge in [-0.1, -0.05) is 0 Å². The lowest BCUT2D eigenvalue weighted by molar-refractivity contribution is 0.0696. The number of aliphatic hydroxyl groups is 1. The van der Waals surface area contributed by atoms with Crippen molar-refractivity contribution in [2.24, 2.45) is 0 Å². The van der Waals surface area contributed by atoms with Crippen molar-refractivity contribution in [3.63, 3.8) is 0 Å². The van der Waals surface area contributed by atoms with E-state index in [0.717, 1.165) is 30.6 Å². The highest BCUT2D eigenvalue weighted by Crippen LogP contribution is 2.27. The molecule has 0 unspecified atom stereocenters. The van der Waals surface area contributed by atoms with Gasteiger partial charge in [0, 0.05) is 18.8 Å². The second kappa shape index (κ2) is 4.53. The zero-order chi connectivity index (χ0) is 11.5. The van der Waals surface area contributed by atoms with Crippen molar-refractivity contribution >= 4 is 11.7 Å². The van der Waals surface area contributed by atoms with Gasteiger partial charge in [-0.15, -0.1) is 0 Å². The number of nitrogens with zero attached hydrogens (tertiary/aromatic N) is 1. The first-order valence-electron chi connectivity index (χ1n) is 5.44. The van der Waals surface area contributed by atoms with Gasteiger partial charge in [0.05, 0.1) is 12.2 Å². The third kappa shape index (κ3) is 2.02. The van der Waals surface area contributed by atoms with Crippen LogP contribution in [-0.2, 0) is 6.42 Å². The average Bonchev–Trinajstić information content (AvgIpc) is 2.29. The van der Waals surface area contributed by atoms with Crippen LogP contribution in [0.2, 0.25) is 0 Å². The Hall–Kier alpha value is -1.55. The molecular weight excluding hydrogens is 206 g/mol. The Balaban J connectivity index is 2.32. The van der Waals surface area contributed by atoms with Gasteiger partial charge in [0.2, 0.25) is 0 Å². The molecule has 1 aromatic rings. The lowest BCUT2D eigenvalue weighted by Crippen LogP contribution is -2.32. The summed E-state index contributed by atoms with van der Waals surface area (Å²) >= 11 is 0. The Morgan fingerprint density at radius 2 is 2.25 bits per heavy atom. The van der Waals surface area contributed by atoms with E-state index in [9.17, 15) is 4.79 Å². The first-order chi connectivity index (χ1) is 7.72. The number of benzene rings is 1. The smallest absolute Gasteiger partial charge is 0.335 e. The standard InChI is InChI=1S/C12H15NO3/c14-7-6-13-5-1-2-9-8-10(12(15)16)3-4-11(9)13/h3-4,8,14H,1-2,5-7H2,(H,15,16). The second-order valence-electron chi connectivity index (χ2n) is 3.96. The lowest BCUT2D eigenvalue weighted by Gasteiger charge is -2.30. The molecule has 1 aliphatic rings. The Morgan fingerprint density at radius 3 is 2.94 bits per heavy atom. The molecule has 0 atom stereocenters. The Labute approximate surface area is 94.1 Å². The van der Waals surface area contributed by atoms with Crippen molar-refractivity contribution in [3.05, 3.63) is 29.3 Å². The van der Waals surface area contributed by atoms with Crippen molar-refractivity contribution in [2.75, 3.05) is 24.6 Å². The van der Waals surface area contributed by atoms with Gasteiger partial charge in [0.1, 0.15) is 0 Å². The number of β-amino-alcohol motifs (C(OH)–C–C–N with tert-alkyl or cyclic N) is 1. The summed E-state index contributed by atoms with van der Waals surface area (Å²) in [6, 6.07) is 5.20. The van der Waals surface area contributed by atoms with Gasteiger partial charge in [0.15, 0.2) is 0 Å². The molecule has 0 spiro atoms. The van der Waals surface area contributed by atoms with Crippen LogP contribution in [0.25, 0.3) is 0 Å². The van der Waals surface area contributed by atoms with E-state index in [4.69, 9.17) is 10.2 Å². The molecule has 4 nitrogen and oxygen atoms in total. The number of carboxylic acids is 1. The van der Waals surface area contributed by atoms with Gasteiger partial charge >= 0.3 is 5.97 Å². The molecule has 0 aromatic heterocycles. The molecule has 0 aliphatic carbocycles. The molecule has 0 radical (unpaired) electrons. The molecule has 0 bridgehead atoms. The van der Waals surface area contributed by atoms with Crippen molar-refractivity contribution in [1.29, 1.82) is 0 Å². The molecule has 4 heteroatoms. The van der Waals surface area contributed by atoms with E-state index in [-0.39, 0.29) is 6.61 Å². The number of rotatable bonds is 3. The van der Waals surface area contributed by atoms with Crippen LogP contribution in [0.5, 0.6) is 0 Å². The quantitative estimate of drug-likeness (QED) is 0.803. The lowest BCUT2D eigenvalue weighted by atomic mass is 9.99. The Kier molecular flexibility index (Phi) is 3.10. The normalized spacial score (nSPS) is 14.7. The summed E-state index contributed by atoms with van der Waals surface area (Å²) in [5.74, 6) is -0.887. The molecule has 1 aliphatic heterocycles. The van der Waals surface area contributed by atoms with Crippen molar-refractivity contribution in [1.82, 2.24) is 0 Å². The van der Waals surface area contributed by atoms with E-state index in [1.165, 1.54) is 0 Å². The number of hydrogen-bond donors (Lipinski definition) is 2. The van der Waals surface area contributed by atoms with Gasteiger partial charge in [0.25, 0.3) is 0 Å². The highest BCUT2D eigenvalue weighted by molar-refractivity contribution is 5.88. The van der Waals surface area contributed by atoms with Crippen LogP contribution in [0.15, 0.2) is 18.2 Å². The molecule has 2 rings (SSSR count). The van der Waals surface area contributed by atoms with E-state index in [0.29, 0.717) is 12.1 Å². The molecule has 86 valence electrons. The van der Waals surface area contributed by atoms with Crippen molar-refractivity contribution in [2.45, 2.75) is 12.8 Å². The van der Waals surface area contributed by atoms with Crippen LogP contribution in [0.3, 0.4) is 0 Å². The number of aromatic carboxylic acids is 1. The minimum Gasteiger partial charge on any atom is -0.478 e. The summed E-state index contributed by atoms with van der Waals surface area (Å²) in [6.07, 6.45) is 1.93. The zero-order valence-corrected chi connectivity index (χ0v) is 9.02. The van der Waals surface area contributed by atoms with Gasteiger partial charge in [-0.3, -0.25) is 0 Å². The zero-order valence-electron chi connectivity index (χ0n) is 9.02. The highest BCUT2D eigenvalue weighted by Gasteiger charge is 2.17. The molecule has 0 fully saturated rings. The first-order valence-corrected chi connectivity index (χ1v) is 5.44. The number of fused-ring (bicyclic) bond motifs is 1. The molecule has 0 amide bonds. The summed E-state index contributed by atoms with van der Waals surface area (Å²) in [4.78, 5) is 12.9. The van der Waals surface area contributed by atoms with Crippen LogP contribution in [-0.4, -0.2) is 35.9 Å². The Morgan fingerprint density at radius 1 is 1.44 bits per heavy atom. The average molecular weight is 221 g/mol. The SMILES string of the molecule is O=C(O)c1ccc2c(c1)CCCN2CCO. The van der Waals surface area contributed by atoms with Gasteiger partial charge in [-0.05, 0) is 36.6 Å². The predicted molar refractivity (Wildman–Crippen MR) is 61.0 cm³/mol. The third-order valence-corrected chi connectivity index (χ3v) is 2.91. The molecule has 1 heterocycles. The van der Waals surface area contributed by atoms with Gasteiger partial charge < -0.3 is 15.1 Å². The topological polar surface area (TPSA) is 60.8 Å². The van der Waals surface area contributed by atoms with Crippen LogP contribution < -0.4 is 4.90 Å². The number of aliphatic hydroxyl groups excluding tert-OH is 1. The van der Waals surface area contributed by atoms with Crippen molar-refractivity contribution < 1.29 is 15.0 Å². The van der Waals surface area contributed by atoms with E-state index >= 15 is 0 Å². The van der Waals surface area contributed by atoms with E-state index < -0.39 is 5.97 Å². The largest absolute Gasteiger partial charge is 0.478 e. The third-order valence-electron chi connectivity index (χ3n) is 2.91. The maximum absolute atomic E-state index is 10.8. The minimum atomic E-state index is -0.887. The molecule has 16 heavy (non-hydrogen) atoms. The van der Waals surface area contributed by atoms with E-state index in [2.05, 4.69) is 4.90 Å². The molecule has 0 saturated carbocycles. The minimum absolute atomic E-state index is 0.125. The fourth-order valence-electron chi connectivity index (χ4n) is 2.16. The molecule has 1 aromatic carbocycles. The molecule has 2 N–H and O–H groups in total. The molecular formula is C12H15NO3. The number of hydrogen-bond acceptors (Lipinski definition) is 3. The van der Waals surface area contributed by atoms with Gasteiger partial charge in [-0.2, -0.15) is 0 Å². The maximum Gasteiger partial charge on any atom is 0.335 e. The number of anilines is 1. The monoisotopic (exact) mass is 221 g/mol. The van der Waals surface area contributed by atoms with E-state index in [1.807, 2.05) is 6.07 Å². The summed E-state index contributed by atoms with van der Waals surface area (Å²) in [5.41, 5.74) is 2.47. The fourth-order valence-corrected chi connectivity index (χ4v) is 2.16. The summed E-state index contributed by atoms with van der Waals surface area (Å²) in [6.45, 7) is 1.67. The number of aryl methyl sites for hydroxylation is 1. The summed E-state index contributed by atoms with van der Waals surface area (Å²) in [7, 11) is 0. The second-order valence-corrected chi connectivity index (χ2v) is 3.96. The number of carboxylic acid groups (broad SMARTS) is 1. The summed E-state index contributed by atoms with van der Waals surface area (Å²) < 4.78 is 0. The van der Waals surface area contributed by atoms with Gasteiger partial charge in [-0.25, -0.2) is 4.79 Å². The number of carbonyl (C=O) groups is 1. The van der Waals surface area contributed by atoms with Crippen LogP contribution >= 0.6 is 0 Å². The maximum atomic E-state index is 10.8. The summed E-state index contributed by atoms with van der Waals surface area (Å²) in [5, 5.41) is 17.9. The van der Waals surface area contributed by atoms with Crippen LogP contribution in [0.4, 0.5) is 5.69 Å². The highest BCUT2D eigenvalue weighted by atomic mass is 16.4. The fraction of sp³-hybridized carbons (Fsp3) is 0.417. The molecule has 0 saturated heterocycles. The predicted octanol–water partition coefficient (Wildman–Crippen LogP) is 1.13. The van der Waals surface area contributed by atoms with Crippen LogP contribution in [0, 0.1) is 0 Å². The Bertz CT molecular complexity index is 403. The van der Waals surface area contributed by atoms with Crippen molar-refractivity contribution in [3.8, 4) is 0 Å².